The Hall–Kier alpha value is -2.49. The molecule has 0 unspecified atom stereocenters. The van der Waals surface area contributed by atoms with Gasteiger partial charge in [0.25, 0.3) is 5.91 Å². The molecule has 0 aliphatic carbocycles. The number of hydrogen-bond donors (Lipinski definition) is 2. The molecular weight excluding hydrogens is 412 g/mol. The maximum Gasteiger partial charge on any atom is 0.255 e. The average Bonchev–Trinajstić information content (AvgIpc) is 2.67. The van der Waals surface area contributed by atoms with Gasteiger partial charge in [-0.1, -0.05) is 18.2 Å². The summed E-state index contributed by atoms with van der Waals surface area (Å²) in [6.07, 6.45) is 1.46. The van der Waals surface area contributed by atoms with Gasteiger partial charge in [-0.15, -0.1) is 6.58 Å². The maximum absolute atomic E-state index is 12.4. The van der Waals surface area contributed by atoms with E-state index in [1.807, 2.05) is 0 Å². The van der Waals surface area contributed by atoms with Crippen molar-refractivity contribution >= 4 is 31.5 Å². The lowest BCUT2D eigenvalue weighted by Crippen LogP contribution is -2.25. The highest BCUT2D eigenvalue weighted by molar-refractivity contribution is 7.92. The number of amides is 1. The number of anilines is 1. The molecular formula is C20H24N2O5S2. The van der Waals surface area contributed by atoms with E-state index in [9.17, 15) is 21.6 Å². The molecule has 1 amide bonds. The topological polar surface area (TPSA) is 109 Å². The zero-order chi connectivity index (χ0) is 21.7. The monoisotopic (exact) mass is 436 g/mol. The summed E-state index contributed by atoms with van der Waals surface area (Å²) >= 11 is 0. The van der Waals surface area contributed by atoms with E-state index in [-0.39, 0.29) is 17.2 Å². The van der Waals surface area contributed by atoms with Gasteiger partial charge in [0.1, 0.15) is 0 Å². The van der Waals surface area contributed by atoms with E-state index in [0.717, 1.165) is 0 Å². The molecule has 0 bridgehead atoms. The summed E-state index contributed by atoms with van der Waals surface area (Å²) < 4.78 is 50.4. The van der Waals surface area contributed by atoms with E-state index in [1.54, 1.807) is 38.1 Å². The SMILES string of the molecule is C=CCNS(=O)(=O)Cc1ccc(NC(=O)c2ccc(S(=O)(=O)C(C)C)cc2)cc1. The summed E-state index contributed by atoms with van der Waals surface area (Å²) in [7, 11) is -6.85. The second-order valence-corrected chi connectivity index (χ2v) is 11.0. The van der Waals surface area contributed by atoms with E-state index in [1.165, 1.54) is 30.3 Å². The highest BCUT2D eigenvalue weighted by atomic mass is 32.2. The highest BCUT2D eigenvalue weighted by Gasteiger charge is 2.19. The van der Waals surface area contributed by atoms with E-state index < -0.39 is 31.0 Å². The molecule has 0 saturated carbocycles. The first-order valence-electron chi connectivity index (χ1n) is 8.87. The molecule has 2 N–H and O–H groups in total. The Morgan fingerprint density at radius 1 is 1.00 bits per heavy atom. The van der Waals surface area contributed by atoms with Crippen molar-refractivity contribution in [2.45, 2.75) is 29.7 Å². The van der Waals surface area contributed by atoms with Crippen LogP contribution in [0, 0.1) is 0 Å². The van der Waals surface area contributed by atoms with E-state index in [4.69, 9.17) is 0 Å². The van der Waals surface area contributed by atoms with Crippen LogP contribution in [0.15, 0.2) is 66.1 Å². The first-order chi connectivity index (χ1) is 13.5. The molecule has 0 aliphatic rings. The van der Waals surface area contributed by atoms with Gasteiger partial charge in [-0.3, -0.25) is 4.79 Å². The lowest BCUT2D eigenvalue weighted by molar-refractivity contribution is 0.102. The van der Waals surface area contributed by atoms with Crippen LogP contribution < -0.4 is 10.0 Å². The van der Waals surface area contributed by atoms with E-state index in [0.29, 0.717) is 16.8 Å². The summed E-state index contributed by atoms with van der Waals surface area (Å²) in [5.74, 6) is -0.576. The molecule has 9 heteroatoms. The number of hydrogen-bond acceptors (Lipinski definition) is 5. The first kappa shape index (κ1) is 22.8. The molecule has 0 radical (unpaired) electrons. The molecule has 2 aromatic carbocycles. The van der Waals surface area contributed by atoms with Crippen LogP contribution in [-0.4, -0.2) is 34.5 Å². The summed E-state index contributed by atoms with van der Waals surface area (Å²) in [4.78, 5) is 12.5. The third kappa shape index (κ3) is 6.25. The van der Waals surface area contributed by atoms with Gasteiger partial charge in [0.05, 0.1) is 15.9 Å². The smallest absolute Gasteiger partial charge is 0.255 e. The number of sulfone groups is 1. The lowest BCUT2D eigenvalue weighted by Gasteiger charge is -2.10. The summed E-state index contributed by atoms with van der Waals surface area (Å²) in [5.41, 5.74) is 1.38. The maximum atomic E-state index is 12.4. The molecule has 0 aromatic heterocycles. The Morgan fingerprint density at radius 3 is 2.10 bits per heavy atom. The fraction of sp³-hybridized carbons (Fsp3) is 0.250. The second kappa shape index (κ2) is 9.34. The Labute approximate surface area is 171 Å². The number of carbonyl (C=O) groups is 1. The molecule has 0 saturated heterocycles. The van der Waals surface area contributed by atoms with Gasteiger partial charge in [0, 0.05) is 17.8 Å². The van der Waals surface area contributed by atoms with Gasteiger partial charge >= 0.3 is 0 Å². The fourth-order valence-corrected chi connectivity index (χ4v) is 4.58. The van der Waals surface area contributed by atoms with Crippen molar-refractivity contribution in [1.29, 1.82) is 0 Å². The summed E-state index contributed by atoms with van der Waals surface area (Å²) in [5, 5.41) is 2.15. The second-order valence-electron chi connectivity index (χ2n) is 6.67. The van der Waals surface area contributed by atoms with Gasteiger partial charge in [-0.25, -0.2) is 21.6 Å². The summed E-state index contributed by atoms with van der Waals surface area (Å²) in [6, 6.07) is 12.2. The molecule has 0 atom stereocenters. The molecule has 0 heterocycles. The standard InChI is InChI=1S/C20H24N2O5S2/c1-4-13-21-28(24,25)14-16-5-9-18(10-6-16)22-20(23)17-7-11-19(12-8-17)29(26,27)15(2)3/h4-12,15,21H,1,13-14H2,2-3H3,(H,22,23). The Morgan fingerprint density at radius 2 is 1.59 bits per heavy atom. The van der Waals surface area contributed by atoms with E-state index in [2.05, 4.69) is 16.6 Å². The van der Waals surface area contributed by atoms with Crippen molar-refractivity contribution in [1.82, 2.24) is 4.72 Å². The average molecular weight is 437 g/mol. The van der Waals surface area contributed by atoms with Crippen molar-refractivity contribution < 1.29 is 21.6 Å². The fourth-order valence-electron chi connectivity index (χ4n) is 2.41. The molecule has 0 spiro atoms. The van der Waals surface area contributed by atoms with Crippen LogP contribution >= 0.6 is 0 Å². The van der Waals surface area contributed by atoms with Gasteiger partial charge in [-0.2, -0.15) is 0 Å². The van der Waals surface area contributed by atoms with Crippen LogP contribution in [0.25, 0.3) is 0 Å². The van der Waals surface area contributed by atoms with Gasteiger partial charge < -0.3 is 5.32 Å². The van der Waals surface area contributed by atoms with Crippen molar-refractivity contribution in [3.05, 3.63) is 72.3 Å². The molecule has 0 fully saturated rings. The minimum Gasteiger partial charge on any atom is -0.322 e. The number of rotatable bonds is 9. The normalized spacial score (nSPS) is 12.0. The highest BCUT2D eigenvalue weighted by Crippen LogP contribution is 2.18. The number of sulfonamides is 1. The zero-order valence-electron chi connectivity index (χ0n) is 16.3. The minimum absolute atomic E-state index is 0.160. The Bertz CT molecular complexity index is 1070. The predicted molar refractivity (Wildman–Crippen MR) is 114 cm³/mol. The molecule has 7 nitrogen and oxygen atoms in total. The van der Waals surface area contributed by atoms with Crippen LogP contribution in [0.1, 0.15) is 29.8 Å². The van der Waals surface area contributed by atoms with Gasteiger partial charge in [0.2, 0.25) is 10.0 Å². The third-order valence-corrected chi connectivity index (χ3v) is 7.57. The predicted octanol–water partition coefficient (Wildman–Crippen LogP) is 2.73. The zero-order valence-corrected chi connectivity index (χ0v) is 17.9. The lowest BCUT2D eigenvalue weighted by atomic mass is 10.2. The number of carbonyl (C=O) groups excluding carboxylic acids is 1. The van der Waals surface area contributed by atoms with E-state index >= 15 is 0 Å². The Kier molecular flexibility index (Phi) is 7.34. The van der Waals surface area contributed by atoms with Crippen LogP contribution in [0.2, 0.25) is 0 Å². The van der Waals surface area contributed by atoms with Crippen molar-refractivity contribution in [2.24, 2.45) is 0 Å². The largest absolute Gasteiger partial charge is 0.322 e. The van der Waals surface area contributed by atoms with Crippen LogP contribution in [0.4, 0.5) is 5.69 Å². The van der Waals surface area contributed by atoms with Crippen LogP contribution in [0.5, 0.6) is 0 Å². The first-order valence-corrected chi connectivity index (χ1v) is 12.1. The van der Waals surface area contributed by atoms with Crippen molar-refractivity contribution in [3.63, 3.8) is 0 Å². The number of benzene rings is 2. The van der Waals surface area contributed by atoms with Crippen LogP contribution in [-0.2, 0) is 25.6 Å². The Balaban J connectivity index is 2.05. The molecule has 2 aromatic rings. The molecule has 156 valence electrons. The van der Waals surface area contributed by atoms with Gasteiger partial charge in [-0.05, 0) is 55.8 Å². The number of nitrogens with one attached hydrogen (secondary N) is 2. The quantitative estimate of drug-likeness (QED) is 0.588. The molecule has 29 heavy (non-hydrogen) atoms. The van der Waals surface area contributed by atoms with Crippen molar-refractivity contribution in [2.75, 3.05) is 11.9 Å². The minimum atomic E-state index is -3.46. The van der Waals surface area contributed by atoms with Gasteiger partial charge in [0.15, 0.2) is 9.84 Å². The molecule has 0 aliphatic heterocycles. The summed E-state index contributed by atoms with van der Waals surface area (Å²) in [6.45, 7) is 6.82. The molecule has 2 rings (SSSR count). The van der Waals surface area contributed by atoms with Crippen LogP contribution in [0.3, 0.4) is 0 Å². The van der Waals surface area contributed by atoms with Crippen molar-refractivity contribution in [3.8, 4) is 0 Å². The third-order valence-electron chi connectivity index (χ3n) is 4.08.